The molecule has 0 spiro atoms. The number of hydrogen-bond acceptors (Lipinski definition) is 3. The van der Waals surface area contributed by atoms with Crippen molar-refractivity contribution in [3.8, 4) is 16.9 Å². The van der Waals surface area contributed by atoms with Crippen LogP contribution >= 0.6 is 0 Å². The summed E-state index contributed by atoms with van der Waals surface area (Å²) in [5.41, 5.74) is 9.31. The van der Waals surface area contributed by atoms with Crippen LogP contribution in [0.25, 0.3) is 21.9 Å². The Morgan fingerprint density at radius 3 is 2.50 bits per heavy atom. The molecule has 0 saturated heterocycles. The SMILES string of the molecule is COc1cc2c(N)ncc(-c3ccccc3)c2cc1C. The standard InChI is InChI=1S/C17H16N2O/c1-11-8-13-14(9-16(11)20-2)17(18)19-10-15(13)12-6-4-3-5-7-12/h3-10H,1-2H3,(H2,18,19). The summed E-state index contributed by atoms with van der Waals surface area (Å²) in [6.45, 7) is 2.03. The van der Waals surface area contributed by atoms with Crippen molar-refractivity contribution in [3.63, 3.8) is 0 Å². The topological polar surface area (TPSA) is 48.1 Å². The second kappa shape index (κ2) is 4.85. The Morgan fingerprint density at radius 2 is 1.80 bits per heavy atom. The fraction of sp³-hybridized carbons (Fsp3) is 0.118. The number of hydrogen-bond donors (Lipinski definition) is 1. The van der Waals surface area contributed by atoms with E-state index >= 15 is 0 Å². The van der Waals surface area contributed by atoms with E-state index in [0.29, 0.717) is 5.82 Å². The highest BCUT2D eigenvalue weighted by atomic mass is 16.5. The van der Waals surface area contributed by atoms with Crippen molar-refractivity contribution >= 4 is 16.6 Å². The largest absolute Gasteiger partial charge is 0.496 e. The molecule has 100 valence electrons. The number of methoxy groups -OCH3 is 1. The summed E-state index contributed by atoms with van der Waals surface area (Å²) >= 11 is 0. The molecule has 0 aliphatic carbocycles. The number of pyridine rings is 1. The highest BCUT2D eigenvalue weighted by Gasteiger charge is 2.10. The minimum Gasteiger partial charge on any atom is -0.496 e. The second-order valence-electron chi connectivity index (χ2n) is 4.79. The van der Waals surface area contributed by atoms with E-state index in [-0.39, 0.29) is 0 Å². The molecule has 0 fully saturated rings. The molecule has 1 aromatic heterocycles. The van der Waals surface area contributed by atoms with Crippen LogP contribution in [-0.4, -0.2) is 12.1 Å². The number of nitrogens with zero attached hydrogens (tertiary/aromatic N) is 1. The molecule has 2 N–H and O–H groups in total. The zero-order valence-electron chi connectivity index (χ0n) is 11.6. The third-order valence-corrected chi connectivity index (χ3v) is 3.52. The van der Waals surface area contributed by atoms with E-state index in [1.807, 2.05) is 37.4 Å². The van der Waals surface area contributed by atoms with E-state index in [0.717, 1.165) is 33.2 Å². The Morgan fingerprint density at radius 1 is 1.05 bits per heavy atom. The van der Waals surface area contributed by atoms with Gasteiger partial charge in [-0.15, -0.1) is 0 Å². The van der Waals surface area contributed by atoms with Crippen LogP contribution < -0.4 is 10.5 Å². The van der Waals surface area contributed by atoms with Gasteiger partial charge in [0, 0.05) is 17.1 Å². The molecular weight excluding hydrogens is 248 g/mol. The summed E-state index contributed by atoms with van der Waals surface area (Å²) in [5, 5.41) is 2.02. The molecule has 1 heterocycles. The third-order valence-electron chi connectivity index (χ3n) is 3.52. The minimum atomic E-state index is 0.526. The predicted molar refractivity (Wildman–Crippen MR) is 82.9 cm³/mol. The lowest BCUT2D eigenvalue weighted by atomic mass is 9.98. The van der Waals surface area contributed by atoms with Crippen molar-refractivity contribution in [1.29, 1.82) is 0 Å². The van der Waals surface area contributed by atoms with Crippen molar-refractivity contribution in [2.75, 3.05) is 12.8 Å². The van der Waals surface area contributed by atoms with Gasteiger partial charge in [0.05, 0.1) is 7.11 Å². The van der Waals surface area contributed by atoms with Gasteiger partial charge in [0.1, 0.15) is 11.6 Å². The molecule has 0 amide bonds. The van der Waals surface area contributed by atoms with Crippen LogP contribution in [0, 0.1) is 6.92 Å². The van der Waals surface area contributed by atoms with Crippen molar-refractivity contribution in [1.82, 2.24) is 4.98 Å². The number of fused-ring (bicyclic) bond motifs is 1. The highest BCUT2D eigenvalue weighted by molar-refractivity contribution is 6.02. The molecule has 20 heavy (non-hydrogen) atoms. The van der Waals surface area contributed by atoms with Crippen LogP contribution in [0.4, 0.5) is 5.82 Å². The van der Waals surface area contributed by atoms with Gasteiger partial charge in [0.25, 0.3) is 0 Å². The summed E-state index contributed by atoms with van der Waals surface area (Å²) < 4.78 is 5.37. The van der Waals surface area contributed by atoms with Gasteiger partial charge < -0.3 is 10.5 Å². The number of aromatic nitrogens is 1. The van der Waals surface area contributed by atoms with Gasteiger partial charge >= 0.3 is 0 Å². The average Bonchev–Trinajstić information content (AvgIpc) is 2.48. The summed E-state index contributed by atoms with van der Waals surface area (Å²) in [7, 11) is 1.67. The number of rotatable bonds is 2. The smallest absolute Gasteiger partial charge is 0.131 e. The Balaban J connectivity index is 2.35. The summed E-state index contributed by atoms with van der Waals surface area (Å²) in [6, 6.07) is 14.3. The number of benzene rings is 2. The van der Waals surface area contributed by atoms with E-state index in [9.17, 15) is 0 Å². The van der Waals surface area contributed by atoms with E-state index in [1.165, 1.54) is 0 Å². The first-order valence-corrected chi connectivity index (χ1v) is 6.49. The molecule has 0 unspecified atom stereocenters. The van der Waals surface area contributed by atoms with Gasteiger partial charge in [0.2, 0.25) is 0 Å². The van der Waals surface area contributed by atoms with Gasteiger partial charge in [-0.1, -0.05) is 30.3 Å². The van der Waals surface area contributed by atoms with Crippen molar-refractivity contribution in [2.24, 2.45) is 0 Å². The molecule has 0 aliphatic heterocycles. The average molecular weight is 264 g/mol. The first-order valence-electron chi connectivity index (χ1n) is 6.49. The molecule has 0 saturated carbocycles. The van der Waals surface area contributed by atoms with Crippen LogP contribution in [-0.2, 0) is 0 Å². The normalized spacial score (nSPS) is 10.7. The summed E-state index contributed by atoms with van der Waals surface area (Å²) in [5.74, 6) is 1.36. The van der Waals surface area contributed by atoms with Crippen molar-refractivity contribution < 1.29 is 4.74 Å². The van der Waals surface area contributed by atoms with Crippen LogP contribution in [0.3, 0.4) is 0 Å². The monoisotopic (exact) mass is 264 g/mol. The molecule has 3 heteroatoms. The third kappa shape index (κ3) is 1.97. The van der Waals surface area contributed by atoms with Crippen LogP contribution in [0.15, 0.2) is 48.7 Å². The Bertz CT molecular complexity index is 767. The zero-order chi connectivity index (χ0) is 14.1. The molecule has 0 radical (unpaired) electrons. The molecule has 2 aromatic carbocycles. The molecule has 3 rings (SSSR count). The second-order valence-corrected chi connectivity index (χ2v) is 4.79. The summed E-state index contributed by atoms with van der Waals surface area (Å²) in [6.07, 6.45) is 1.83. The van der Waals surface area contributed by atoms with E-state index in [1.54, 1.807) is 7.11 Å². The number of nitrogens with two attached hydrogens (primary N) is 1. The molecule has 3 aromatic rings. The fourth-order valence-corrected chi connectivity index (χ4v) is 2.46. The molecule has 3 nitrogen and oxygen atoms in total. The van der Waals surface area contributed by atoms with Crippen molar-refractivity contribution in [2.45, 2.75) is 6.92 Å². The van der Waals surface area contributed by atoms with Crippen molar-refractivity contribution in [3.05, 3.63) is 54.2 Å². The molecule has 0 aliphatic rings. The first-order chi connectivity index (χ1) is 9.70. The lowest BCUT2D eigenvalue weighted by Gasteiger charge is -2.12. The quantitative estimate of drug-likeness (QED) is 0.765. The van der Waals surface area contributed by atoms with Gasteiger partial charge in [0.15, 0.2) is 0 Å². The van der Waals surface area contributed by atoms with E-state index in [4.69, 9.17) is 10.5 Å². The maximum atomic E-state index is 6.01. The van der Waals surface area contributed by atoms with Crippen LogP contribution in [0.2, 0.25) is 0 Å². The fourth-order valence-electron chi connectivity index (χ4n) is 2.46. The van der Waals surface area contributed by atoms with Gasteiger partial charge in [-0.25, -0.2) is 4.98 Å². The Hall–Kier alpha value is -2.55. The Kier molecular flexibility index (Phi) is 3.03. The minimum absolute atomic E-state index is 0.526. The number of anilines is 1. The number of ether oxygens (including phenoxy) is 1. The maximum absolute atomic E-state index is 6.01. The number of aryl methyl sites for hydroxylation is 1. The molecular formula is C17H16N2O. The Labute approximate surface area is 118 Å². The molecule has 0 atom stereocenters. The first kappa shape index (κ1) is 12.5. The van der Waals surface area contributed by atoms with Crippen LogP contribution in [0.5, 0.6) is 5.75 Å². The zero-order valence-corrected chi connectivity index (χ0v) is 11.6. The highest BCUT2D eigenvalue weighted by Crippen LogP contribution is 2.34. The lowest BCUT2D eigenvalue weighted by Crippen LogP contribution is -1.95. The van der Waals surface area contributed by atoms with Gasteiger partial charge in [-0.3, -0.25) is 0 Å². The van der Waals surface area contributed by atoms with E-state index in [2.05, 4.69) is 23.2 Å². The van der Waals surface area contributed by atoms with E-state index < -0.39 is 0 Å². The summed E-state index contributed by atoms with van der Waals surface area (Å²) in [4.78, 5) is 4.31. The lowest BCUT2D eigenvalue weighted by molar-refractivity contribution is 0.412. The van der Waals surface area contributed by atoms with Crippen LogP contribution in [0.1, 0.15) is 5.56 Å². The molecule has 0 bridgehead atoms. The number of nitrogen functional groups attached to an aromatic ring is 1. The predicted octanol–water partition coefficient (Wildman–Crippen LogP) is 3.80. The van der Waals surface area contributed by atoms with Gasteiger partial charge in [-0.2, -0.15) is 0 Å². The maximum Gasteiger partial charge on any atom is 0.131 e. The van der Waals surface area contributed by atoms with Gasteiger partial charge in [-0.05, 0) is 35.6 Å².